The maximum Gasteiger partial charge on any atom is 0.261 e. The first kappa shape index (κ1) is 16.6. The number of rotatable bonds is 2. The molecule has 0 saturated heterocycles. The molecule has 1 heteroatoms. The van der Waals surface area contributed by atoms with Crippen LogP contribution in [0.4, 0.5) is 0 Å². The minimum absolute atomic E-state index is 0.994. The Labute approximate surface area is 140 Å². The molecule has 0 N–H and O–H groups in total. The molecule has 0 radical (unpaired) electrons. The minimum Gasteiger partial charge on any atom is -0.105 e. The van der Waals surface area contributed by atoms with Crippen LogP contribution >= 0.6 is 0 Å². The molecular formula is C22H20Si. The molecule has 0 saturated carbocycles. The molecule has 0 fully saturated rings. The summed E-state index contributed by atoms with van der Waals surface area (Å²) in [7, 11) is -2.33. The SMILES string of the molecule is C=C[Si](C#Cc1ccc(C)cc1)(C#Cc1ccc(C)cc1)C=C. The smallest absolute Gasteiger partial charge is 0.105 e. The van der Waals surface area contributed by atoms with Gasteiger partial charge in [0, 0.05) is 11.1 Å². The molecule has 2 rings (SSSR count). The lowest BCUT2D eigenvalue weighted by Gasteiger charge is -2.07. The fraction of sp³-hybridized carbons (Fsp3) is 0.0909. The van der Waals surface area contributed by atoms with Gasteiger partial charge in [-0.05, 0) is 38.1 Å². The summed E-state index contributed by atoms with van der Waals surface area (Å²) in [5, 5.41) is 0. The van der Waals surface area contributed by atoms with E-state index in [0.29, 0.717) is 0 Å². The van der Waals surface area contributed by atoms with E-state index in [-0.39, 0.29) is 0 Å². The van der Waals surface area contributed by atoms with E-state index in [9.17, 15) is 0 Å². The fourth-order valence-corrected chi connectivity index (χ4v) is 3.28. The fourth-order valence-electron chi connectivity index (χ4n) is 1.94. The van der Waals surface area contributed by atoms with Crippen LogP contribution in [-0.4, -0.2) is 8.07 Å². The maximum atomic E-state index is 3.94. The Kier molecular flexibility index (Phi) is 5.42. The van der Waals surface area contributed by atoms with Crippen LogP contribution in [0.5, 0.6) is 0 Å². The van der Waals surface area contributed by atoms with E-state index in [0.717, 1.165) is 11.1 Å². The molecule has 0 unspecified atom stereocenters. The summed E-state index contributed by atoms with van der Waals surface area (Å²) in [5.74, 6) is 6.45. The molecular weight excluding hydrogens is 292 g/mol. The Hall–Kier alpha value is -2.74. The molecule has 0 spiro atoms. The number of aryl methyl sites for hydroxylation is 2. The quantitative estimate of drug-likeness (QED) is 0.558. The first-order chi connectivity index (χ1) is 11.1. The van der Waals surface area contributed by atoms with Gasteiger partial charge >= 0.3 is 0 Å². The van der Waals surface area contributed by atoms with Gasteiger partial charge in [-0.3, -0.25) is 0 Å². The van der Waals surface area contributed by atoms with Crippen molar-refractivity contribution in [3.63, 3.8) is 0 Å². The average molecular weight is 312 g/mol. The zero-order chi connectivity index (χ0) is 16.7. The minimum atomic E-state index is -2.33. The number of benzene rings is 2. The van der Waals surface area contributed by atoms with Crippen LogP contribution in [0.1, 0.15) is 22.3 Å². The summed E-state index contributed by atoms with van der Waals surface area (Å²) in [4.78, 5) is 0. The predicted octanol–water partition coefficient (Wildman–Crippen LogP) is 4.68. The molecule has 0 bridgehead atoms. The summed E-state index contributed by atoms with van der Waals surface area (Å²) in [5.41, 5.74) is 14.9. The Balaban J connectivity index is 2.33. The van der Waals surface area contributed by atoms with Gasteiger partial charge in [-0.1, -0.05) is 58.6 Å². The molecule has 23 heavy (non-hydrogen) atoms. The van der Waals surface area contributed by atoms with Crippen LogP contribution in [0, 0.1) is 36.8 Å². The molecule has 112 valence electrons. The molecule has 0 amide bonds. The predicted molar refractivity (Wildman–Crippen MR) is 102 cm³/mol. The van der Waals surface area contributed by atoms with Gasteiger partial charge in [0.25, 0.3) is 8.07 Å². The van der Waals surface area contributed by atoms with Crippen LogP contribution in [0.2, 0.25) is 0 Å². The van der Waals surface area contributed by atoms with E-state index in [1.54, 1.807) is 0 Å². The van der Waals surface area contributed by atoms with E-state index in [1.807, 2.05) is 35.7 Å². The lowest BCUT2D eigenvalue weighted by Crippen LogP contribution is -2.26. The van der Waals surface area contributed by atoms with E-state index >= 15 is 0 Å². The third-order valence-electron chi connectivity index (χ3n) is 3.57. The lowest BCUT2D eigenvalue weighted by molar-refractivity contribution is 1.46. The van der Waals surface area contributed by atoms with Crippen LogP contribution in [0.3, 0.4) is 0 Å². The van der Waals surface area contributed by atoms with Crippen molar-refractivity contribution in [1.82, 2.24) is 0 Å². The molecule has 0 aliphatic carbocycles. The Morgan fingerprint density at radius 3 is 1.35 bits per heavy atom. The largest absolute Gasteiger partial charge is 0.261 e. The highest BCUT2D eigenvalue weighted by Gasteiger charge is 2.20. The Morgan fingerprint density at radius 2 is 1.04 bits per heavy atom. The van der Waals surface area contributed by atoms with Crippen LogP contribution in [-0.2, 0) is 0 Å². The topological polar surface area (TPSA) is 0 Å². The van der Waals surface area contributed by atoms with Crippen molar-refractivity contribution in [3.05, 3.63) is 95.3 Å². The van der Waals surface area contributed by atoms with Crippen molar-refractivity contribution in [3.8, 4) is 22.9 Å². The van der Waals surface area contributed by atoms with E-state index in [2.05, 4.69) is 74.2 Å². The normalized spacial score (nSPS) is 9.83. The lowest BCUT2D eigenvalue weighted by atomic mass is 10.2. The van der Waals surface area contributed by atoms with Crippen LogP contribution in [0.15, 0.2) is 73.1 Å². The summed E-state index contributed by atoms with van der Waals surface area (Å²) in [6.45, 7) is 12.0. The highest BCUT2D eigenvalue weighted by Crippen LogP contribution is 2.07. The molecule has 0 atom stereocenters. The molecule has 0 heterocycles. The molecule has 2 aromatic carbocycles. The molecule has 0 aliphatic heterocycles. The second-order valence-electron chi connectivity index (χ2n) is 5.51. The van der Waals surface area contributed by atoms with Gasteiger partial charge in [-0.2, -0.15) is 0 Å². The van der Waals surface area contributed by atoms with Gasteiger partial charge in [0.05, 0.1) is 0 Å². The van der Waals surface area contributed by atoms with Crippen molar-refractivity contribution in [2.45, 2.75) is 13.8 Å². The van der Waals surface area contributed by atoms with Gasteiger partial charge in [-0.15, -0.1) is 24.2 Å². The van der Waals surface area contributed by atoms with E-state index in [1.165, 1.54) is 11.1 Å². The van der Waals surface area contributed by atoms with Crippen molar-refractivity contribution >= 4 is 8.07 Å². The number of hydrogen-bond donors (Lipinski definition) is 0. The van der Waals surface area contributed by atoms with Crippen molar-refractivity contribution in [2.24, 2.45) is 0 Å². The van der Waals surface area contributed by atoms with Gasteiger partial charge in [0.15, 0.2) is 0 Å². The maximum absolute atomic E-state index is 3.94. The van der Waals surface area contributed by atoms with Crippen molar-refractivity contribution in [1.29, 1.82) is 0 Å². The zero-order valence-electron chi connectivity index (χ0n) is 13.7. The Bertz CT molecular complexity index is 743. The third-order valence-corrected chi connectivity index (χ3v) is 5.94. The third kappa shape index (κ3) is 4.61. The van der Waals surface area contributed by atoms with Crippen LogP contribution in [0.25, 0.3) is 0 Å². The van der Waals surface area contributed by atoms with Gasteiger partial charge in [-0.25, -0.2) is 0 Å². The molecule has 0 aliphatic rings. The summed E-state index contributed by atoms with van der Waals surface area (Å²) in [6, 6.07) is 16.4. The standard InChI is InChI=1S/C22H20Si/c1-5-23(6-2,17-15-21-11-7-19(3)8-12-21)18-16-22-13-9-20(4)10-14-22/h5-14H,1-2H2,3-4H3. The highest BCUT2D eigenvalue weighted by molar-refractivity contribution is 7.02. The second-order valence-corrected chi connectivity index (χ2v) is 8.56. The highest BCUT2D eigenvalue weighted by atomic mass is 28.3. The molecule has 0 nitrogen and oxygen atoms in total. The van der Waals surface area contributed by atoms with Crippen LogP contribution < -0.4 is 0 Å². The van der Waals surface area contributed by atoms with Gasteiger partial charge in [0.2, 0.25) is 0 Å². The first-order valence-electron chi connectivity index (χ1n) is 7.54. The monoisotopic (exact) mass is 312 g/mol. The van der Waals surface area contributed by atoms with Gasteiger partial charge in [0.1, 0.15) is 0 Å². The zero-order valence-corrected chi connectivity index (χ0v) is 14.7. The number of hydrogen-bond acceptors (Lipinski definition) is 0. The van der Waals surface area contributed by atoms with Crippen molar-refractivity contribution < 1.29 is 0 Å². The average Bonchev–Trinajstić information content (AvgIpc) is 2.59. The molecule has 2 aromatic rings. The molecule has 0 aromatic heterocycles. The van der Waals surface area contributed by atoms with E-state index < -0.39 is 8.07 Å². The van der Waals surface area contributed by atoms with E-state index in [4.69, 9.17) is 0 Å². The summed E-state index contributed by atoms with van der Waals surface area (Å²) >= 11 is 0. The second kappa shape index (κ2) is 7.50. The summed E-state index contributed by atoms with van der Waals surface area (Å²) < 4.78 is 0. The Morgan fingerprint density at radius 1 is 0.696 bits per heavy atom. The van der Waals surface area contributed by atoms with Gasteiger partial charge < -0.3 is 0 Å². The van der Waals surface area contributed by atoms with Crippen molar-refractivity contribution in [2.75, 3.05) is 0 Å². The first-order valence-corrected chi connectivity index (χ1v) is 9.69. The summed E-state index contributed by atoms with van der Waals surface area (Å²) in [6.07, 6.45) is 0.